The smallest absolute Gasteiger partial charge is 0.320 e. The molecule has 1 N–H and O–H groups in total. The van der Waals surface area contributed by atoms with E-state index in [2.05, 4.69) is 50.4 Å². The van der Waals surface area contributed by atoms with Crippen LogP contribution >= 0.6 is 11.6 Å². The summed E-state index contributed by atoms with van der Waals surface area (Å²) >= 11 is 6.16. The molecule has 0 spiro atoms. The molecule has 4 heterocycles. The van der Waals surface area contributed by atoms with Crippen molar-refractivity contribution in [3.63, 3.8) is 0 Å². The molecule has 3 aliphatic rings. The van der Waals surface area contributed by atoms with Crippen LogP contribution < -0.4 is 0 Å². The van der Waals surface area contributed by atoms with Crippen LogP contribution in [0.15, 0.2) is 48.8 Å². The van der Waals surface area contributed by atoms with Crippen molar-refractivity contribution in [3.05, 3.63) is 70.6 Å². The van der Waals surface area contributed by atoms with Crippen LogP contribution in [-0.2, 0) is 4.79 Å². The Balaban J connectivity index is 1.15. The highest BCUT2D eigenvalue weighted by Crippen LogP contribution is 2.39. The number of carboxylic acids is 1. The number of aromatic nitrogens is 2. The van der Waals surface area contributed by atoms with E-state index < -0.39 is 5.97 Å². The van der Waals surface area contributed by atoms with E-state index in [4.69, 9.17) is 11.6 Å². The van der Waals surface area contributed by atoms with Gasteiger partial charge in [-0.15, -0.1) is 0 Å². The summed E-state index contributed by atoms with van der Waals surface area (Å²) in [7, 11) is 0. The number of benzene rings is 1. The lowest BCUT2D eigenvalue weighted by Crippen LogP contribution is -2.43. The van der Waals surface area contributed by atoms with E-state index in [0.717, 1.165) is 62.7 Å². The summed E-state index contributed by atoms with van der Waals surface area (Å²) in [4.78, 5) is 21.9. The first-order chi connectivity index (χ1) is 18.4. The summed E-state index contributed by atoms with van der Waals surface area (Å²) in [6.07, 6.45) is 10.7. The number of piperidine rings is 1. The number of hydrogen-bond donors (Lipinski definition) is 1. The van der Waals surface area contributed by atoms with Crippen LogP contribution in [0, 0.1) is 18.8 Å². The monoisotopic (exact) mass is 534 g/mol. The number of rotatable bonds is 8. The van der Waals surface area contributed by atoms with Crippen LogP contribution in [0.1, 0.15) is 67.2 Å². The number of hydrogen-bond acceptors (Lipinski definition) is 4. The van der Waals surface area contributed by atoms with Gasteiger partial charge in [-0.1, -0.05) is 60.7 Å². The van der Waals surface area contributed by atoms with Gasteiger partial charge < -0.3 is 14.4 Å². The molecule has 3 fully saturated rings. The standard InChI is InChI=1S/C31H39ClN4O2/c1-21-4-2-7-24(14-21)27-20-35(28(31(37)38)15-22-5-3-6-22)19-25(27)18-34-11-8-23(9-12-34)29-17-33-30-16-26(32)10-13-36(29)30/h2,4,7,10,13-14,16-17,22-23,25,27-28H,3,5-6,8-9,11-12,15,18-20H2,1H3,(H,37,38). The molecule has 6 nitrogen and oxygen atoms in total. The predicted octanol–water partition coefficient (Wildman–Crippen LogP) is 5.83. The van der Waals surface area contributed by atoms with Gasteiger partial charge in [-0.25, -0.2) is 4.98 Å². The lowest BCUT2D eigenvalue weighted by Gasteiger charge is -2.35. The number of pyridine rings is 1. The molecule has 1 aromatic carbocycles. The fourth-order valence-electron chi connectivity index (χ4n) is 7.09. The Labute approximate surface area is 230 Å². The number of carbonyl (C=O) groups is 1. The third-order valence-corrected chi connectivity index (χ3v) is 9.68. The number of carboxylic acid groups (broad SMARTS) is 1. The number of likely N-dealkylation sites (tertiary alicyclic amines) is 2. The number of nitrogens with zero attached hydrogens (tertiary/aromatic N) is 4. The minimum Gasteiger partial charge on any atom is -0.480 e. The molecule has 0 amide bonds. The quantitative estimate of drug-likeness (QED) is 0.394. The highest BCUT2D eigenvalue weighted by Gasteiger charge is 2.41. The third kappa shape index (κ3) is 5.36. The zero-order valence-electron chi connectivity index (χ0n) is 22.3. The molecular weight excluding hydrogens is 496 g/mol. The Morgan fingerprint density at radius 3 is 2.66 bits per heavy atom. The first-order valence-electron chi connectivity index (χ1n) is 14.3. The molecule has 2 aliphatic heterocycles. The van der Waals surface area contributed by atoms with Crippen molar-refractivity contribution in [3.8, 4) is 0 Å². The summed E-state index contributed by atoms with van der Waals surface area (Å²) in [6, 6.07) is 12.4. The van der Waals surface area contributed by atoms with Crippen LogP contribution in [0.2, 0.25) is 5.02 Å². The van der Waals surface area contributed by atoms with Crippen molar-refractivity contribution in [2.45, 2.75) is 63.3 Å². The molecule has 6 rings (SSSR count). The SMILES string of the molecule is Cc1cccc(C2CN(C(CC3CCC3)C(=O)O)CC2CN2CCC(c3cnc4cc(Cl)ccn34)CC2)c1. The van der Waals surface area contributed by atoms with Crippen LogP contribution in [0.5, 0.6) is 0 Å². The lowest BCUT2D eigenvalue weighted by atomic mass is 9.80. The zero-order chi connectivity index (χ0) is 26.2. The Hall–Kier alpha value is -2.41. The molecular formula is C31H39ClN4O2. The second-order valence-corrected chi connectivity index (χ2v) is 12.4. The molecule has 0 radical (unpaired) electrons. The minimum absolute atomic E-state index is 0.355. The van der Waals surface area contributed by atoms with E-state index in [0.29, 0.717) is 23.7 Å². The summed E-state index contributed by atoms with van der Waals surface area (Å²) in [6.45, 7) is 7.02. The lowest BCUT2D eigenvalue weighted by molar-refractivity contribution is -0.144. The maximum absolute atomic E-state index is 12.3. The van der Waals surface area contributed by atoms with Gasteiger partial charge in [-0.05, 0) is 68.8 Å². The molecule has 2 aromatic heterocycles. The predicted molar refractivity (Wildman–Crippen MR) is 151 cm³/mol. The van der Waals surface area contributed by atoms with Gasteiger partial charge in [0, 0.05) is 54.6 Å². The van der Waals surface area contributed by atoms with Gasteiger partial charge in [0.25, 0.3) is 0 Å². The van der Waals surface area contributed by atoms with Crippen LogP contribution in [-0.4, -0.2) is 69.0 Å². The maximum atomic E-state index is 12.3. The molecule has 1 saturated carbocycles. The molecule has 1 aliphatic carbocycles. The average Bonchev–Trinajstić information content (AvgIpc) is 3.47. The number of halogens is 1. The second kappa shape index (κ2) is 11.0. The Morgan fingerprint density at radius 1 is 1.13 bits per heavy atom. The van der Waals surface area contributed by atoms with Crippen molar-refractivity contribution < 1.29 is 9.90 Å². The van der Waals surface area contributed by atoms with Crippen molar-refractivity contribution >= 4 is 23.2 Å². The molecule has 2 saturated heterocycles. The zero-order valence-corrected chi connectivity index (χ0v) is 23.1. The first-order valence-corrected chi connectivity index (χ1v) is 14.7. The second-order valence-electron chi connectivity index (χ2n) is 12.0. The molecule has 7 heteroatoms. The van der Waals surface area contributed by atoms with Gasteiger partial charge in [0.2, 0.25) is 0 Å². The number of aryl methyl sites for hydroxylation is 1. The Kier molecular flexibility index (Phi) is 7.48. The molecule has 0 bridgehead atoms. The number of imidazole rings is 1. The van der Waals surface area contributed by atoms with Crippen LogP contribution in [0.4, 0.5) is 0 Å². The van der Waals surface area contributed by atoms with Gasteiger partial charge in [0.15, 0.2) is 0 Å². The maximum Gasteiger partial charge on any atom is 0.320 e. The van der Waals surface area contributed by atoms with E-state index in [9.17, 15) is 9.90 Å². The van der Waals surface area contributed by atoms with Crippen LogP contribution in [0.25, 0.3) is 5.65 Å². The summed E-state index contributed by atoms with van der Waals surface area (Å²) in [5.41, 5.74) is 4.83. The van der Waals surface area contributed by atoms with Gasteiger partial charge in [-0.2, -0.15) is 0 Å². The van der Waals surface area contributed by atoms with Crippen molar-refractivity contribution in [1.29, 1.82) is 0 Å². The topological polar surface area (TPSA) is 61.1 Å². The fraction of sp³-hybridized carbons (Fsp3) is 0.548. The Morgan fingerprint density at radius 2 is 1.95 bits per heavy atom. The third-order valence-electron chi connectivity index (χ3n) is 9.45. The van der Waals surface area contributed by atoms with E-state index in [1.807, 2.05) is 24.5 Å². The van der Waals surface area contributed by atoms with Crippen molar-refractivity contribution in [2.75, 3.05) is 32.7 Å². The van der Waals surface area contributed by atoms with Crippen molar-refractivity contribution in [1.82, 2.24) is 19.2 Å². The molecule has 202 valence electrons. The normalized spacial score (nSPS) is 24.6. The van der Waals surface area contributed by atoms with E-state index in [-0.39, 0.29) is 6.04 Å². The molecule has 3 unspecified atom stereocenters. The van der Waals surface area contributed by atoms with Gasteiger partial charge >= 0.3 is 5.97 Å². The van der Waals surface area contributed by atoms with Crippen molar-refractivity contribution in [2.24, 2.45) is 11.8 Å². The van der Waals surface area contributed by atoms with E-state index in [1.165, 1.54) is 36.1 Å². The van der Waals surface area contributed by atoms with Crippen LogP contribution in [0.3, 0.4) is 0 Å². The first kappa shape index (κ1) is 25.8. The number of fused-ring (bicyclic) bond motifs is 1. The van der Waals surface area contributed by atoms with E-state index in [1.54, 1.807) is 0 Å². The Bertz CT molecular complexity index is 1280. The summed E-state index contributed by atoms with van der Waals surface area (Å²) in [5, 5.41) is 10.9. The number of aliphatic carboxylic acids is 1. The molecule has 3 atom stereocenters. The molecule has 38 heavy (non-hydrogen) atoms. The van der Waals surface area contributed by atoms with Gasteiger partial charge in [0.05, 0.1) is 0 Å². The minimum atomic E-state index is -0.643. The summed E-state index contributed by atoms with van der Waals surface area (Å²) < 4.78 is 2.18. The van der Waals surface area contributed by atoms with E-state index >= 15 is 0 Å². The highest BCUT2D eigenvalue weighted by atomic mass is 35.5. The largest absolute Gasteiger partial charge is 0.480 e. The highest BCUT2D eigenvalue weighted by molar-refractivity contribution is 6.30. The summed E-state index contributed by atoms with van der Waals surface area (Å²) in [5.74, 6) is 1.25. The average molecular weight is 535 g/mol. The molecule has 3 aromatic rings. The van der Waals surface area contributed by atoms with Gasteiger partial charge in [-0.3, -0.25) is 9.69 Å². The fourth-order valence-corrected chi connectivity index (χ4v) is 7.25. The van der Waals surface area contributed by atoms with Gasteiger partial charge in [0.1, 0.15) is 11.7 Å².